The number of rotatable bonds is 8. The average molecular weight is 254 g/mol. The van der Waals surface area contributed by atoms with Crippen LogP contribution in [-0.2, 0) is 11.3 Å². The second kappa shape index (κ2) is 6.80. The molecule has 0 unspecified atom stereocenters. The standard InChI is InChI=1S/C12H18N2O4/c1-2-3-5-14(8-11(13)15)7-10-9(12(16)17)4-6-18-10/h4,6H,2-3,5,7-8H2,1H3,(H2,13,15)(H,16,17). The summed E-state index contributed by atoms with van der Waals surface area (Å²) in [5.41, 5.74) is 5.29. The number of nitrogens with zero attached hydrogens (tertiary/aromatic N) is 1. The third kappa shape index (κ3) is 4.21. The molecule has 1 heterocycles. The zero-order valence-electron chi connectivity index (χ0n) is 10.4. The molecule has 0 fully saturated rings. The van der Waals surface area contributed by atoms with Crippen LogP contribution in [0.25, 0.3) is 0 Å². The molecule has 1 amide bonds. The normalized spacial score (nSPS) is 10.8. The van der Waals surface area contributed by atoms with Gasteiger partial charge in [0.05, 0.1) is 19.4 Å². The number of aromatic carboxylic acids is 1. The van der Waals surface area contributed by atoms with E-state index in [1.807, 2.05) is 6.92 Å². The summed E-state index contributed by atoms with van der Waals surface area (Å²) >= 11 is 0. The predicted molar refractivity (Wildman–Crippen MR) is 65.0 cm³/mol. The number of unbranched alkanes of at least 4 members (excludes halogenated alkanes) is 1. The van der Waals surface area contributed by atoms with Crippen molar-refractivity contribution in [3.8, 4) is 0 Å². The van der Waals surface area contributed by atoms with E-state index in [0.717, 1.165) is 12.8 Å². The monoisotopic (exact) mass is 254 g/mol. The van der Waals surface area contributed by atoms with Crippen LogP contribution in [0.2, 0.25) is 0 Å². The number of carboxylic acid groups (broad SMARTS) is 1. The van der Waals surface area contributed by atoms with Crippen LogP contribution in [-0.4, -0.2) is 35.0 Å². The lowest BCUT2D eigenvalue weighted by molar-refractivity contribution is -0.119. The van der Waals surface area contributed by atoms with Gasteiger partial charge >= 0.3 is 5.97 Å². The lowest BCUT2D eigenvalue weighted by Crippen LogP contribution is -2.34. The maximum absolute atomic E-state index is 11.0. The highest BCUT2D eigenvalue weighted by Crippen LogP contribution is 2.13. The van der Waals surface area contributed by atoms with Crippen LogP contribution in [0, 0.1) is 0 Å². The maximum atomic E-state index is 11.0. The molecule has 1 aromatic rings. The molecule has 1 aromatic heterocycles. The molecule has 18 heavy (non-hydrogen) atoms. The number of carbonyl (C=O) groups excluding carboxylic acids is 1. The molecular formula is C12H18N2O4. The number of primary amides is 1. The van der Waals surface area contributed by atoms with Crippen molar-refractivity contribution in [2.75, 3.05) is 13.1 Å². The van der Waals surface area contributed by atoms with Crippen LogP contribution in [0.15, 0.2) is 16.7 Å². The number of carboxylic acids is 1. The first-order chi connectivity index (χ1) is 8.54. The number of hydrogen-bond acceptors (Lipinski definition) is 4. The Bertz CT molecular complexity index is 414. The minimum atomic E-state index is -1.03. The van der Waals surface area contributed by atoms with E-state index in [4.69, 9.17) is 15.3 Å². The van der Waals surface area contributed by atoms with Crippen LogP contribution in [0.3, 0.4) is 0 Å². The van der Waals surface area contributed by atoms with Gasteiger partial charge in [-0.2, -0.15) is 0 Å². The molecule has 3 N–H and O–H groups in total. The van der Waals surface area contributed by atoms with Crippen molar-refractivity contribution in [1.82, 2.24) is 4.90 Å². The fourth-order valence-electron chi connectivity index (χ4n) is 1.67. The van der Waals surface area contributed by atoms with E-state index in [1.165, 1.54) is 12.3 Å². The first-order valence-electron chi connectivity index (χ1n) is 5.85. The lowest BCUT2D eigenvalue weighted by Gasteiger charge is -2.19. The van der Waals surface area contributed by atoms with Crippen molar-refractivity contribution in [3.05, 3.63) is 23.7 Å². The van der Waals surface area contributed by atoms with E-state index < -0.39 is 11.9 Å². The van der Waals surface area contributed by atoms with E-state index in [0.29, 0.717) is 12.3 Å². The minimum absolute atomic E-state index is 0.0970. The summed E-state index contributed by atoms with van der Waals surface area (Å²) in [5, 5.41) is 8.96. The van der Waals surface area contributed by atoms with Crippen LogP contribution < -0.4 is 5.73 Å². The number of carbonyl (C=O) groups is 2. The van der Waals surface area contributed by atoms with Gasteiger partial charge < -0.3 is 15.3 Å². The Morgan fingerprint density at radius 1 is 1.50 bits per heavy atom. The minimum Gasteiger partial charge on any atom is -0.478 e. The summed E-state index contributed by atoms with van der Waals surface area (Å²) in [6, 6.07) is 1.40. The molecule has 100 valence electrons. The first kappa shape index (κ1) is 14.2. The van der Waals surface area contributed by atoms with Gasteiger partial charge in [0.2, 0.25) is 5.91 Å². The molecule has 1 rings (SSSR count). The van der Waals surface area contributed by atoms with Crippen LogP contribution in [0.4, 0.5) is 0 Å². The zero-order chi connectivity index (χ0) is 13.5. The van der Waals surface area contributed by atoms with Crippen LogP contribution in [0.5, 0.6) is 0 Å². The third-order valence-corrected chi connectivity index (χ3v) is 2.55. The molecule has 0 radical (unpaired) electrons. The molecule has 0 aliphatic carbocycles. The second-order valence-electron chi connectivity index (χ2n) is 4.09. The number of nitrogens with two attached hydrogens (primary N) is 1. The fourth-order valence-corrected chi connectivity index (χ4v) is 1.67. The average Bonchev–Trinajstić information content (AvgIpc) is 2.73. The lowest BCUT2D eigenvalue weighted by atomic mass is 10.2. The van der Waals surface area contributed by atoms with Crippen molar-refractivity contribution in [3.63, 3.8) is 0 Å². The Hall–Kier alpha value is -1.82. The molecule has 0 spiro atoms. The summed E-state index contributed by atoms with van der Waals surface area (Å²) in [6.07, 6.45) is 3.23. The Kier molecular flexibility index (Phi) is 5.38. The predicted octanol–water partition coefficient (Wildman–Crippen LogP) is 1.07. The number of amides is 1. The fraction of sp³-hybridized carbons (Fsp3) is 0.500. The van der Waals surface area contributed by atoms with Gasteiger partial charge in [-0.3, -0.25) is 9.69 Å². The molecule has 0 atom stereocenters. The summed E-state index contributed by atoms with van der Waals surface area (Å²) < 4.78 is 5.14. The summed E-state index contributed by atoms with van der Waals surface area (Å²) in [5.74, 6) is -1.12. The van der Waals surface area contributed by atoms with E-state index >= 15 is 0 Å². The molecular weight excluding hydrogens is 236 g/mol. The molecule has 6 nitrogen and oxygen atoms in total. The van der Waals surface area contributed by atoms with Gasteiger partial charge in [0.15, 0.2) is 0 Å². The second-order valence-corrected chi connectivity index (χ2v) is 4.09. The van der Waals surface area contributed by atoms with Gasteiger partial charge in [-0.25, -0.2) is 4.79 Å². The number of hydrogen-bond donors (Lipinski definition) is 2. The highest BCUT2D eigenvalue weighted by Gasteiger charge is 2.17. The molecule has 0 saturated carbocycles. The summed E-state index contributed by atoms with van der Waals surface area (Å²) in [4.78, 5) is 23.7. The van der Waals surface area contributed by atoms with Crippen molar-refractivity contribution in [1.29, 1.82) is 0 Å². The number of furan rings is 1. The van der Waals surface area contributed by atoms with E-state index in [-0.39, 0.29) is 18.7 Å². The van der Waals surface area contributed by atoms with Gasteiger partial charge in [-0.05, 0) is 19.0 Å². The van der Waals surface area contributed by atoms with Gasteiger partial charge in [0.25, 0.3) is 0 Å². The zero-order valence-corrected chi connectivity index (χ0v) is 10.4. The van der Waals surface area contributed by atoms with Gasteiger partial charge in [0.1, 0.15) is 11.3 Å². The Morgan fingerprint density at radius 2 is 2.22 bits per heavy atom. The molecule has 0 aliphatic heterocycles. The molecule has 0 aromatic carbocycles. The van der Waals surface area contributed by atoms with Crippen molar-refractivity contribution in [2.24, 2.45) is 5.73 Å². The van der Waals surface area contributed by atoms with E-state index in [9.17, 15) is 9.59 Å². The summed E-state index contributed by atoms with van der Waals surface area (Å²) in [7, 11) is 0. The molecule has 0 saturated heterocycles. The first-order valence-corrected chi connectivity index (χ1v) is 5.85. The van der Waals surface area contributed by atoms with Gasteiger partial charge in [0, 0.05) is 0 Å². The van der Waals surface area contributed by atoms with E-state index in [2.05, 4.69) is 0 Å². The van der Waals surface area contributed by atoms with Crippen molar-refractivity contribution < 1.29 is 19.1 Å². The highest BCUT2D eigenvalue weighted by molar-refractivity contribution is 5.88. The Labute approximate surface area is 105 Å². The quantitative estimate of drug-likeness (QED) is 0.723. The van der Waals surface area contributed by atoms with Crippen molar-refractivity contribution in [2.45, 2.75) is 26.3 Å². The van der Waals surface area contributed by atoms with Gasteiger partial charge in [-0.15, -0.1) is 0 Å². The van der Waals surface area contributed by atoms with Gasteiger partial charge in [-0.1, -0.05) is 13.3 Å². The van der Waals surface area contributed by atoms with Crippen molar-refractivity contribution >= 4 is 11.9 Å². The largest absolute Gasteiger partial charge is 0.478 e. The molecule has 0 bridgehead atoms. The van der Waals surface area contributed by atoms with Crippen LogP contribution in [0.1, 0.15) is 35.9 Å². The highest BCUT2D eigenvalue weighted by atomic mass is 16.4. The Morgan fingerprint density at radius 3 is 2.78 bits per heavy atom. The molecule has 0 aliphatic rings. The molecule has 6 heteroatoms. The Balaban J connectivity index is 2.71. The SMILES string of the molecule is CCCCN(CC(N)=O)Cc1occc1C(=O)O. The maximum Gasteiger partial charge on any atom is 0.339 e. The summed E-state index contributed by atoms with van der Waals surface area (Å²) in [6.45, 7) is 3.09. The third-order valence-electron chi connectivity index (χ3n) is 2.55. The topological polar surface area (TPSA) is 96.8 Å². The van der Waals surface area contributed by atoms with Crippen LogP contribution >= 0.6 is 0 Å². The van der Waals surface area contributed by atoms with E-state index in [1.54, 1.807) is 4.90 Å². The smallest absolute Gasteiger partial charge is 0.339 e.